The molecule has 0 unspecified atom stereocenters. The van der Waals surface area contributed by atoms with E-state index in [2.05, 4.69) is 17.2 Å². The van der Waals surface area contributed by atoms with Gasteiger partial charge in [-0.3, -0.25) is 4.98 Å². The van der Waals surface area contributed by atoms with Gasteiger partial charge in [0.15, 0.2) is 0 Å². The Bertz CT molecular complexity index is 483. The number of hydrogen-bond acceptors (Lipinski definition) is 2. The van der Waals surface area contributed by atoms with Crippen molar-refractivity contribution in [3.63, 3.8) is 0 Å². The van der Waals surface area contributed by atoms with Gasteiger partial charge in [0, 0.05) is 29.0 Å². The van der Waals surface area contributed by atoms with Crippen LogP contribution in [0.4, 0.5) is 5.69 Å². The van der Waals surface area contributed by atoms with Crippen molar-refractivity contribution in [1.29, 1.82) is 0 Å². The average molecular weight is 233 g/mol. The summed E-state index contributed by atoms with van der Waals surface area (Å²) >= 11 is 5.95. The van der Waals surface area contributed by atoms with Gasteiger partial charge in [-0.2, -0.15) is 0 Å². The zero-order valence-electron chi connectivity index (χ0n) is 9.07. The molecule has 2 rings (SSSR count). The Balaban J connectivity index is 2.36. The summed E-state index contributed by atoms with van der Waals surface area (Å²) in [5.41, 5.74) is 3.04. The van der Waals surface area contributed by atoms with Crippen LogP contribution in [0.15, 0.2) is 42.6 Å². The van der Waals surface area contributed by atoms with Gasteiger partial charge in [-0.15, -0.1) is 0 Å². The second-order valence-electron chi connectivity index (χ2n) is 3.47. The number of rotatable bonds is 3. The summed E-state index contributed by atoms with van der Waals surface area (Å²) < 4.78 is 0. The molecule has 3 heteroatoms. The fourth-order valence-corrected chi connectivity index (χ4v) is 1.74. The SMILES string of the molecule is CCNc1ccnc(-c2cccc(Cl)c2)c1. The third-order valence-corrected chi connectivity index (χ3v) is 2.50. The van der Waals surface area contributed by atoms with E-state index in [4.69, 9.17) is 11.6 Å². The fraction of sp³-hybridized carbons (Fsp3) is 0.154. The maximum Gasteiger partial charge on any atom is 0.0723 e. The van der Waals surface area contributed by atoms with E-state index in [1.54, 1.807) is 6.20 Å². The van der Waals surface area contributed by atoms with E-state index in [0.29, 0.717) is 0 Å². The number of nitrogens with zero attached hydrogens (tertiary/aromatic N) is 1. The van der Waals surface area contributed by atoms with Crippen LogP contribution in [0, 0.1) is 0 Å². The van der Waals surface area contributed by atoms with Crippen molar-refractivity contribution in [2.75, 3.05) is 11.9 Å². The highest BCUT2D eigenvalue weighted by Gasteiger charge is 2.00. The van der Waals surface area contributed by atoms with Crippen molar-refractivity contribution >= 4 is 17.3 Å². The molecule has 16 heavy (non-hydrogen) atoms. The third-order valence-electron chi connectivity index (χ3n) is 2.26. The molecule has 0 amide bonds. The van der Waals surface area contributed by atoms with E-state index in [1.807, 2.05) is 36.4 Å². The molecule has 1 heterocycles. The molecule has 82 valence electrons. The first-order valence-corrected chi connectivity index (χ1v) is 5.63. The van der Waals surface area contributed by atoms with Crippen molar-refractivity contribution in [1.82, 2.24) is 4.98 Å². The lowest BCUT2D eigenvalue weighted by Crippen LogP contribution is -1.96. The summed E-state index contributed by atoms with van der Waals surface area (Å²) in [6, 6.07) is 11.7. The van der Waals surface area contributed by atoms with Gasteiger partial charge >= 0.3 is 0 Å². The van der Waals surface area contributed by atoms with Gasteiger partial charge in [0.05, 0.1) is 5.69 Å². The monoisotopic (exact) mass is 232 g/mol. The van der Waals surface area contributed by atoms with Crippen molar-refractivity contribution in [3.05, 3.63) is 47.6 Å². The summed E-state index contributed by atoms with van der Waals surface area (Å²) in [7, 11) is 0. The van der Waals surface area contributed by atoms with Gasteiger partial charge in [0.1, 0.15) is 0 Å². The molecule has 0 radical (unpaired) electrons. The molecule has 2 aromatic rings. The van der Waals surface area contributed by atoms with E-state index in [-0.39, 0.29) is 0 Å². The Hall–Kier alpha value is -1.54. The molecule has 1 aromatic heterocycles. The molecule has 0 bridgehead atoms. The highest BCUT2D eigenvalue weighted by molar-refractivity contribution is 6.30. The predicted octanol–water partition coefficient (Wildman–Crippen LogP) is 3.83. The van der Waals surface area contributed by atoms with Crippen molar-refractivity contribution < 1.29 is 0 Å². The smallest absolute Gasteiger partial charge is 0.0723 e. The van der Waals surface area contributed by atoms with E-state index in [0.717, 1.165) is 28.5 Å². The first-order valence-electron chi connectivity index (χ1n) is 5.25. The number of halogens is 1. The van der Waals surface area contributed by atoms with Gasteiger partial charge in [0.2, 0.25) is 0 Å². The maximum absolute atomic E-state index is 5.95. The predicted molar refractivity (Wildman–Crippen MR) is 68.8 cm³/mol. The van der Waals surface area contributed by atoms with Gasteiger partial charge in [-0.05, 0) is 31.2 Å². The first-order chi connectivity index (χ1) is 7.79. The van der Waals surface area contributed by atoms with E-state index < -0.39 is 0 Å². The van der Waals surface area contributed by atoms with Crippen LogP contribution in [0.3, 0.4) is 0 Å². The molecule has 0 saturated carbocycles. The Morgan fingerprint density at radius 2 is 2.12 bits per heavy atom. The minimum atomic E-state index is 0.730. The molecule has 0 fully saturated rings. The number of nitrogens with one attached hydrogen (secondary N) is 1. The highest BCUT2D eigenvalue weighted by atomic mass is 35.5. The Labute approximate surface area is 100 Å². The van der Waals surface area contributed by atoms with Crippen LogP contribution in [0.1, 0.15) is 6.92 Å². The fourth-order valence-electron chi connectivity index (χ4n) is 1.55. The molecule has 0 saturated heterocycles. The molecule has 1 aromatic carbocycles. The number of anilines is 1. The van der Waals surface area contributed by atoms with Gasteiger partial charge in [-0.1, -0.05) is 23.7 Å². The van der Waals surface area contributed by atoms with Gasteiger partial charge in [0.25, 0.3) is 0 Å². The first kappa shape index (κ1) is 11.0. The maximum atomic E-state index is 5.95. The van der Waals surface area contributed by atoms with Crippen LogP contribution in [0.25, 0.3) is 11.3 Å². The van der Waals surface area contributed by atoms with Crippen molar-refractivity contribution in [2.24, 2.45) is 0 Å². The molecule has 2 nitrogen and oxygen atoms in total. The summed E-state index contributed by atoms with van der Waals surface area (Å²) in [6.07, 6.45) is 1.80. The normalized spacial score (nSPS) is 10.1. The largest absolute Gasteiger partial charge is 0.385 e. The van der Waals surface area contributed by atoms with Gasteiger partial charge in [-0.25, -0.2) is 0 Å². The minimum absolute atomic E-state index is 0.730. The molecular formula is C13H13ClN2. The molecule has 1 N–H and O–H groups in total. The Morgan fingerprint density at radius 1 is 1.25 bits per heavy atom. The third kappa shape index (κ3) is 2.52. The second-order valence-corrected chi connectivity index (χ2v) is 3.91. The van der Waals surface area contributed by atoms with Crippen LogP contribution in [0.2, 0.25) is 5.02 Å². The summed E-state index contributed by atoms with van der Waals surface area (Å²) in [5, 5.41) is 3.99. The molecule has 0 spiro atoms. The van der Waals surface area contributed by atoms with Gasteiger partial charge < -0.3 is 5.32 Å². The second kappa shape index (κ2) is 4.99. The van der Waals surface area contributed by atoms with Crippen LogP contribution >= 0.6 is 11.6 Å². The topological polar surface area (TPSA) is 24.9 Å². The number of aromatic nitrogens is 1. The lowest BCUT2D eigenvalue weighted by atomic mass is 10.1. The van der Waals surface area contributed by atoms with Crippen LogP contribution in [-0.4, -0.2) is 11.5 Å². The van der Waals surface area contributed by atoms with Crippen LogP contribution in [-0.2, 0) is 0 Å². The lowest BCUT2D eigenvalue weighted by Gasteiger charge is -2.05. The standard InChI is InChI=1S/C13H13ClN2/c1-2-15-12-6-7-16-13(9-12)10-4-3-5-11(14)8-10/h3-9H,2H2,1H3,(H,15,16). The zero-order valence-corrected chi connectivity index (χ0v) is 9.83. The summed E-state index contributed by atoms with van der Waals surface area (Å²) in [4.78, 5) is 4.33. The summed E-state index contributed by atoms with van der Waals surface area (Å²) in [5.74, 6) is 0. The quantitative estimate of drug-likeness (QED) is 0.870. The van der Waals surface area contributed by atoms with E-state index >= 15 is 0 Å². The molecule has 0 atom stereocenters. The molecule has 0 aliphatic rings. The van der Waals surface area contributed by atoms with E-state index in [1.165, 1.54) is 0 Å². The highest BCUT2D eigenvalue weighted by Crippen LogP contribution is 2.22. The molecular weight excluding hydrogens is 220 g/mol. The average Bonchev–Trinajstić information content (AvgIpc) is 2.30. The summed E-state index contributed by atoms with van der Waals surface area (Å²) in [6.45, 7) is 2.97. The van der Waals surface area contributed by atoms with Crippen LogP contribution < -0.4 is 5.32 Å². The van der Waals surface area contributed by atoms with Crippen molar-refractivity contribution in [3.8, 4) is 11.3 Å². The lowest BCUT2D eigenvalue weighted by molar-refractivity contribution is 1.20. The number of benzene rings is 1. The van der Waals surface area contributed by atoms with Crippen molar-refractivity contribution in [2.45, 2.75) is 6.92 Å². The number of hydrogen-bond donors (Lipinski definition) is 1. The zero-order chi connectivity index (χ0) is 11.4. The van der Waals surface area contributed by atoms with E-state index in [9.17, 15) is 0 Å². The molecule has 0 aliphatic heterocycles. The molecule has 0 aliphatic carbocycles. The Morgan fingerprint density at radius 3 is 2.88 bits per heavy atom. The Kier molecular flexibility index (Phi) is 3.42. The minimum Gasteiger partial charge on any atom is -0.385 e. The van der Waals surface area contributed by atoms with Crippen LogP contribution in [0.5, 0.6) is 0 Å². The number of pyridine rings is 1.